The lowest BCUT2D eigenvalue weighted by Crippen LogP contribution is -2.19. The fraction of sp³-hybridized carbons (Fsp3) is 0.143. The number of carboxylic acid groups (broad SMARTS) is 1. The molecule has 3 aromatic carbocycles. The van der Waals surface area contributed by atoms with Crippen molar-refractivity contribution in [2.75, 3.05) is 16.0 Å². The number of hydrogen-bond donors (Lipinski definition) is 4. The number of rotatable bonds is 6. The zero-order valence-electron chi connectivity index (χ0n) is 20.9. The van der Waals surface area contributed by atoms with Crippen LogP contribution in [0.25, 0.3) is 11.0 Å². The van der Waals surface area contributed by atoms with E-state index >= 15 is 0 Å². The molecule has 0 saturated heterocycles. The Hall–Kier alpha value is -5.30. The molecule has 10 heteroatoms. The number of benzene rings is 3. The standard InChI is InChI=1S/C28H24N6O4/c1-16-4-6-20(14-23(16)34-25(35)17-5-7-22-24(12-17)31-9-8-30-22)32-26(36)18-10-19(28(2,3)15-29)13-21(11-18)33-27(37)38/h4-14,33H,1-3H3,(H,32,36)(H,34,35)(H,37,38). The van der Waals surface area contributed by atoms with Crippen LogP contribution in [0.1, 0.15) is 45.7 Å². The lowest BCUT2D eigenvalue weighted by atomic mass is 9.85. The molecular formula is C28H24N6O4. The highest BCUT2D eigenvalue weighted by Gasteiger charge is 2.23. The molecule has 10 nitrogen and oxygen atoms in total. The van der Waals surface area contributed by atoms with Gasteiger partial charge >= 0.3 is 6.09 Å². The summed E-state index contributed by atoms with van der Waals surface area (Å²) < 4.78 is 0. The van der Waals surface area contributed by atoms with Gasteiger partial charge < -0.3 is 15.7 Å². The molecule has 1 aromatic heterocycles. The van der Waals surface area contributed by atoms with E-state index in [4.69, 9.17) is 5.11 Å². The van der Waals surface area contributed by atoms with Gasteiger partial charge in [-0.25, -0.2) is 4.79 Å². The van der Waals surface area contributed by atoms with Crippen molar-refractivity contribution in [1.29, 1.82) is 5.26 Å². The van der Waals surface area contributed by atoms with Crippen molar-refractivity contribution in [3.8, 4) is 6.07 Å². The van der Waals surface area contributed by atoms with Gasteiger partial charge in [-0.15, -0.1) is 0 Å². The number of carbonyl (C=O) groups excluding carboxylic acids is 2. The van der Waals surface area contributed by atoms with Gasteiger partial charge in [0.25, 0.3) is 11.8 Å². The highest BCUT2D eigenvalue weighted by atomic mass is 16.4. The van der Waals surface area contributed by atoms with Crippen LogP contribution in [-0.2, 0) is 5.41 Å². The van der Waals surface area contributed by atoms with Crippen LogP contribution in [0.4, 0.5) is 21.9 Å². The number of aromatic nitrogens is 2. The highest BCUT2D eigenvalue weighted by molar-refractivity contribution is 6.08. The lowest BCUT2D eigenvalue weighted by Gasteiger charge is -2.18. The van der Waals surface area contributed by atoms with E-state index < -0.39 is 17.4 Å². The Kier molecular flexibility index (Phi) is 7.03. The second-order valence-electron chi connectivity index (χ2n) is 9.16. The number of nitriles is 1. The van der Waals surface area contributed by atoms with Gasteiger partial charge in [-0.2, -0.15) is 5.26 Å². The van der Waals surface area contributed by atoms with Crippen molar-refractivity contribution in [3.63, 3.8) is 0 Å². The SMILES string of the molecule is Cc1ccc(NC(=O)c2cc(NC(=O)O)cc(C(C)(C)C#N)c2)cc1NC(=O)c1ccc2nccnc2c1. The van der Waals surface area contributed by atoms with Crippen LogP contribution in [0.2, 0.25) is 0 Å². The van der Waals surface area contributed by atoms with Crippen LogP contribution >= 0.6 is 0 Å². The van der Waals surface area contributed by atoms with Crippen molar-refractivity contribution in [2.45, 2.75) is 26.2 Å². The van der Waals surface area contributed by atoms with Gasteiger partial charge in [0.15, 0.2) is 0 Å². The molecule has 1 heterocycles. The highest BCUT2D eigenvalue weighted by Crippen LogP contribution is 2.28. The minimum atomic E-state index is -1.29. The van der Waals surface area contributed by atoms with E-state index in [0.717, 1.165) is 5.56 Å². The molecule has 0 aliphatic rings. The predicted octanol–water partition coefficient (Wildman–Crippen LogP) is 5.33. The first kappa shape index (κ1) is 25.8. The zero-order valence-corrected chi connectivity index (χ0v) is 20.9. The normalized spacial score (nSPS) is 10.9. The van der Waals surface area contributed by atoms with Crippen molar-refractivity contribution in [1.82, 2.24) is 9.97 Å². The smallest absolute Gasteiger partial charge is 0.409 e. The summed E-state index contributed by atoms with van der Waals surface area (Å²) >= 11 is 0. The summed E-state index contributed by atoms with van der Waals surface area (Å²) in [5.41, 5.74) is 3.22. The maximum absolute atomic E-state index is 13.1. The summed E-state index contributed by atoms with van der Waals surface area (Å²) in [7, 11) is 0. The van der Waals surface area contributed by atoms with Gasteiger partial charge in [0, 0.05) is 40.6 Å². The zero-order chi connectivity index (χ0) is 27.4. The summed E-state index contributed by atoms with van der Waals surface area (Å²) in [5, 5.41) is 26.5. The third-order valence-electron chi connectivity index (χ3n) is 5.92. The minimum Gasteiger partial charge on any atom is -0.465 e. The molecule has 0 atom stereocenters. The second kappa shape index (κ2) is 10.4. The Morgan fingerprint density at radius 1 is 0.816 bits per heavy atom. The van der Waals surface area contributed by atoms with E-state index in [1.54, 1.807) is 68.7 Å². The van der Waals surface area contributed by atoms with Crippen molar-refractivity contribution in [2.24, 2.45) is 0 Å². The number of nitrogens with zero attached hydrogens (tertiary/aromatic N) is 3. The van der Waals surface area contributed by atoms with E-state index in [1.807, 2.05) is 6.92 Å². The van der Waals surface area contributed by atoms with Gasteiger partial charge in [0.05, 0.1) is 22.5 Å². The van der Waals surface area contributed by atoms with Crippen LogP contribution in [0.5, 0.6) is 0 Å². The molecule has 3 amide bonds. The third-order valence-corrected chi connectivity index (χ3v) is 5.92. The van der Waals surface area contributed by atoms with Gasteiger partial charge in [-0.1, -0.05) is 6.07 Å². The first-order chi connectivity index (χ1) is 18.1. The molecular weight excluding hydrogens is 484 g/mol. The average molecular weight is 509 g/mol. The summed E-state index contributed by atoms with van der Waals surface area (Å²) in [6.45, 7) is 5.17. The fourth-order valence-electron chi connectivity index (χ4n) is 3.72. The molecule has 4 rings (SSSR count). The van der Waals surface area contributed by atoms with Crippen molar-refractivity contribution in [3.05, 3.63) is 89.2 Å². The second-order valence-corrected chi connectivity index (χ2v) is 9.16. The molecule has 4 aromatic rings. The van der Waals surface area contributed by atoms with Gasteiger partial charge in [0.1, 0.15) is 0 Å². The summed E-state index contributed by atoms with van der Waals surface area (Å²) in [6, 6.07) is 16.7. The molecule has 0 radical (unpaired) electrons. The Morgan fingerprint density at radius 3 is 2.24 bits per heavy atom. The molecule has 38 heavy (non-hydrogen) atoms. The van der Waals surface area contributed by atoms with E-state index in [1.165, 1.54) is 12.1 Å². The topological polar surface area (TPSA) is 157 Å². The van der Waals surface area contributed by atoms with Crippen molar-refractivity contribution < 1.29 is 19.5 Å². The third kappa shape index (κ3) is 5.74. The average Bonchev–Trinajstić information content (AvgIpc) is 2.89. The van der Waals surface area contributed by atoms with E-state index in [-0.39, 0.29) is 17.2 Å². The molecule has 190 valence electrons. The van der Waals surface area contributed by atoms with E-state index in [2.05, 4.69) is 32.0 Å². The Bertz CT molecular complexity index is 1620. The van der Waals surface area contributed by atoms with Crippen LogP contribution in [-0.4, -0.2) is 33.0 Å². The number of nitrogens with one attached hydrogen (secondary N) is 3. The van der Waals surface area contributed by atoms with E-state index in [0.29, 0.717) is 33.5 Å². The van der Waals surface area contributed by atoms with Crippen LogP contribution in [0.3, 0.4) is 0 Å². The monoisotopic (exact) mass is 508 g/mol. The van der Waals surface area contributed by atoms with Crippen molar-refractivity contribution >= 4 is 46.0 Å². The number of aryl methyl sites for hydroxylation is 1. The van der Waals surface area contributed by atoms with Gasteiger partial charge in [0.2, 0.25) is 0 Å². The number of amides is 3. The Balaban J connectivity index is 1.58. The number of fused-ring (bicyclic) bond motifs is 1. The molecule has 0 fully saturated rings. The quantitative estimate of drug-likeness (QED) is 0.274. The summed E-state index contributed by atoms with van der Waals surface area (Å²) in [4.78, 5) is 45.6. The molecule has 4 N–H and O–H groups in total. The first-order valence-electron chi connectivity index (χ1n) is 11.6. The fourth-order valence-corrected chi connectivity index (χ4v) is 3.72. The predicted molar refractivity (Wildman–Crippen MR) is 143 cm³/mol. The molecule has 0 bridgehead atoms. The molecule has 0 saturated carbocycles. The van der Waals surface area contributed by atoms with E-state index in [9.17, 15) is 19.6 Å². The maximum Gasteiger partial charge on any atom is 0.409 e. The minimum absolute atomic E-state index is 0.165. The molecule has 0 unspecified atom stereocenters. The van der Waals surface area contributed by atoms with Crippen LogP contribution in [0, 0.1) is 18.3 Å². The van der Waals surface area contributed by atoms with Gasteiger partial charge in [-0.3, -0.25) is 24.9 Å². The van der Waals surface area contributed by atoms with Crippen LogP contribution in [0.15, 0.2) is 67.0 Å². The molecule has 0 spiro atoms. The largest absolute Gasteiger partial charge is 0.465 e. The Morgan fingerprint density at radius 2 is 1.53 bits per heavy atom. The number of anilines is 3. The molecule has 0 aliphatic carbocycles. The van der Waals surface area contributed by atoms with Gasteiger partial charge in [-0.05, 0) is 80.4 Å². The number of carbonyl (C=O) groups is 3. The maximum atomic E-state index is 13.1. The summed E-state index contributed by atoms with van der Waals surface area (Å²) in [5.74, 6) is -0.858. The summed E-state index contributed by atoms with van der Waals surface area (Å²) in [6.07, 6.45) is 1.84. The van der Waals surface area contributed by atoms with Crippen LogP contribution < -0.4 is 16.0 Å². The lowest BCUT2D eigenvalue weighted by molar-refractivity contribution is 0.101. The number of hydrogen-bond acceptors (Lipinski definition) is 6. The molecule has 0 aliphatic heterocycles. The first-order valence-corrected chi connectivity index (χ1v) is 11.6. The Labute approximate surface area is 218 Å².